The number of hydrogen-bond donors (Lipinski definition) is 2. The number of ether oxygens (including phenoxy) is 2. The van der Waals surface area contributed by atoms with Crippen molar-refractivity contribution >= 4 is 23.5 Å². The second-order valence-electron chi connectivity index (χ2n) is 6.11. The van der Waals surface area contributed by atoms with Gasteiger partial charge in [0.05, 0.1) is 18.7 Å². The van der Waals surface area contributed by atoms with Crippen molar-refractivity contribution < 1.29 is 23.9 Å². The van der Waals surface area contributed by atoms with Crippen LogP contribution in [0.1, 0.15) is 28.4 Å². The molecule has 7 nitrogen and oxygen atoms in total. The van der Waals surface area contributed by atoms with Crippen LogP contribution in [0, 0.1) is 13.8 Å². The van der Waals surface area contributed by atoms with Gasteiger partial charge in [-0.2, -0.15) is 0 Å². The van der Waals surface area contributed by atoms with E-state index in [4.69, 9.17) is 9.47 Å². The van der Waals surface area contributed by atoms with Crippen LogP contribution in [0.15, 0.2) is 42.5 Å². The molecule has 2 N–H and O–H groups in total. The van der Waals surface area contributed by atoms with E-state index in [1.54, 1.807) is 30.3 Å². The molecule has 28 heavy (non-hydrogen) atoms. The van der Waals surface area contributed by atoms with E-state index in [1.165, 1.54) is 0 Å². The lowest BCUT2D eigenvalue weighted by Gasteiger charge is -2.11. The van der Waals surface area contributed by atoms with E-state index in [-0.39, 0.29) is 12.5 Å². The van der Waals surface area contributed by atoms with E-state index in [0.29, 0.717) is 23.6 Å². The molecule has 0 saturated heterocycles. The highest BCUT2D eigenvalue weighted by Gasteiger charge is 2.12. The lowest BCUT2D eigenvalue weighted by molar-refractivity contribution is -0.126. The van der Waals surface area contributed by atoms with Crippen LogP contribution in [0.3, 0.4) is 0 Å². The summed E-state index contributed by atoms with van der Waals surface area (Å²) in [6.07, 6.45) is 0. The fraction of sp³-hybridized carbons (Fsp3) is 0.286. The van der Waals surface area contributed by atoms with Crippen LogP contribution in [0.5, 0.6) is 5.75 Å². The molecule has 2 rings (SSSR count). The predicted molar refractivity (Wildman–Crippen MR) is 105 cm³/mol. The highest BCUT2D eigenvalue weighted by molar-refractivity contribution is 5.96. The van der Waals surface area contributed by atoms with Crippen LogP contribution in [0.25, 0.3) is 0 Å². The minimum absolute atomic E-state index is 0.215. The summed E-state index contributed by atoms with van der Waals surface area (Å²) in [4.78, 5) is 35.7. The summed E-state index contributed by atoms with van der Waals surface area (Å²) in [7, 11) is 0. The second-order valence-corrected chi connectivity index (χ2v) is 6.11. The number of hydrogen-bond acceptors (Lipinski definition) is 5. The molecule has 0 heterocycles. The molecule has 0 unspecified atom stereocenters. The fourth-order valence-electron chi connectivity index (χ4n) is 2.38. The Hall–Kier alpha value is -3.35. The Morgan fingerprint density at radius 1 is 0.964 bits per heavy atom. The first-order valence-electron chi connectivity index (χ1n) is 8.93. The van der Waals surface area contributed by atoms with Gasteiger partial charge in [0.25, 0.3) is 5.91 Å². The van der Waals surface area contributed by atoms with E-state index in [9.17, 15) is 14.4 Å². The summed E-state index contributed by atoms with van der Waals surface area (Å²) >= 11 is 0. The first-order chi connectivity index (χ1) is 13.4. The van der Waals surface area contributed by atoms with Gasteiger partial charge in [-0.05, 0) is 62.2 Å². The van der Waals surface area contributed by atoms with Gasteiger partial charge in [-0.3, -0.25) is 9.59 Å². The molecule has 2 aromatic rings. The first-order valence-corrected chi connectivity index (χ1v) is 8.93. The number of carbonyl (C=O) groups is 3. The molecule has 0 fully saturated rings. The maximum Gasteiger partial charge on any atom is 0.338 e. The predicted octanol–water partition coefficient (Wildman–Crippen LogP) is 2.61. The molecule has 0 aromatic heterocycles. The Morgan fingerprint density at radius 2 is 1.68 bits per heavy atom. The first kappa shape index (κ1) is 21.0. The zero-order valence-electron chi connectivity index (χ0n) is 16.2. The van der Waals surface area contributed by atoms with Crippen molar-refractivity contribution in [1.29, 1.82) is 0 Å². The zero-order chi connectivity index (χ0) is 20.5. The quantitative estimate of drug-likeness (QED) is 0.683. The minimum Gasteiger partial charge on any atom is -0.494 e. The molecule has 0 aliphatic carbocycles. The second kappa shape index (κ2) is 10.1. The molecule has 0 saturated carbocycles. The number of anilines is 1. The Kier molecular flexibility index (Phi) is 7.56. The summed E-state index contributed by atoms with van der Waals surface area (Å²) in [6, 6.07) is 12.0. The Morgan fingerprint density at radius 3 is 2.36 bits per heavy atom. The van der Waals surface area contributed by atoms with Gasteiger partial charge in [0, 0.05) is 5.69 Å². The monoisotopic (exact) mass is 384 g/mol. The molecule has 148 valence electrons. The fourth-order valence-corrected chi connectivity index (χ4v) is 2.38. The van der Waals surface area contributed by atoms with Crippen molar-refractivity contribution in [2.24, 2.45) is 0 Å². The van der Waals surface area contributed by atoms with E-state index in [2.05, 4.69) is 10.6 Å². The Bertz CT molecular complexity index is 846. The standard InChI is InChI=1S/C21H24N2O5/c1-4-27-17-10-8-16(9-11-17)21(26)28-13-20(25)22-12-19(24)23-18-7-5-6-14(2)15(18)3/h5-11H,4,12-13H2,1-3H3,(H,22,25)(H,23,24). The SMILES string of the molecule is CCOc1ccc(C(=O)OCC(=O)NCC(=O)Nc2cccc(C)c2C)cc1. The van der Waals surface area contributed by atoms with Crippen molar-refractivity contribution in [1.82, 2.24) is 5.32 Å². The molecule has 0 atom stereocenters. The zero-order valence-corrected chi connectivity index (χ0v) is 16.2. The molecule has 2 amide bonds. The van der Waals surface area contributed by atoms with E-state index in [0.717, 1.165) is 11.1 Å². The van der Waals surface area contributed by atoms with Crippen molar-refractivity contribution in [3.8, 4) is 5.75 Å². The number of benzene rings is 2. The van der Waals surface area contributed by atoms with Gasteiger partial charge in [-0.1, -0.05) is 12.1 Å². The molecule has 0 bridgehead atoms. The third-order valence-corrected chi connectivity index (χ3v) is 4.06. The van der Waals surface area contributed by atoms with Crippen molar-refractivity contribution in [2.45, 2.75) is 20.8 Å². The molecule has 0 radical (unpaired) electrons. The van der Waals surface area contributed by atoms with Gasteiger partial charge in [0.2, 0.25) is 5.91 Å². The average Bonchev–Trinajstić information content (AvgIpc) is 2.69. The third kappa shape index (κ3) is 6.12. The largest absolute Gasteiger partial charge is 0.494 e. The smallest absolute Gasteiger partial charge is 0.338 e. The number of carbonyl (C=O) groups excluding carboxylic acids is 3. The maximum atomic E-state index is 12.0. The Labute approximate surface area is 164 Å². The van der Waals surface area contributed by atoms with E-state index in [1.807, 2.05) is 32.9 Å². The summed E-state index contributed by atoms with van der Waals surface area (Å²) in [6.45, 7) is 5.56. The van der Waals surface area contributed by atoms with Gasteiger partial charge in [-0.25, -0.2) is 4.79 Å². The number of esters is 1. The average molecular weight is 384 g/mol. The van der Waals surface area contributed by atoms with Crippen LogP contribution in [-0.4, -0.2) is 37.5 Å². The molecule has 0 spiro atoms. The molecule has 0 aliphatic rings. The normalized spacial score (nSPS) is 10.1. The number of aryl methyl sites for hydroxylation is 1. The lowest BCUT2D eigenvalue weighted by atomic mass is 10.1. The van der Waals surface area contributed by atoms with Gasteiger partial charge in [0.15, 0.2) is 6.61 Å². The topological polar surface area (TPSA) is 93.7 Å². The summed E-state index contributed by atoms with van der Waals surface area (Å²) < 4.78 is 10.2. The van der Waals surface area contributed by atoms with Gasteiger partial charge in [0.1, 0.15) is 5.75 Å². The lowest BCUT2D eigenvalue weighted by Crippen LogP contribution is -2.35. The summed E-state index contributed by atoms with van der Waals surface area (Å²) in [5.41, 5.74) is 3.03. The number of amides is 2. The number of nitrogens with one attached hydrogen (secondary N) is 2. The van der Waals surface area contributed by atoms with E-state index >= 15 is 0 Å². The molecule has 0 aliphatic heterocycles. The highest BCUT2D eigenvalue weighted by Crippen LogP contribution is 2.17. The summed E-state index contributed by atoms with van der Waals surface area (Å²) in [5, 5.41) is 5.16. The van der Waals surface area contributed by atoms with Gasteiger partial charge in [-0.15, -0.1) is 0 Å². The number of rotatable bonds is 8. The van der Waals surface area contributed by atoms with Crippen LogP contribution >= 0.6 is 0 Å². The maximum absolute atomic E-state index is 12.0. The highest BCUT2D eigenvalue weighted by atomic mass is 16.5. The molecular formula is C21H24N2O5. The third-order valence-electron chi connectivity index (χ3n) is 4.06. The van der Waals surface area contributed by atoms with Gasteiger partial charge >= 0.3 is 5.97 Å². The Balaban J connectivity index is 1.75. The van der Waals surface area contributed by atoms with Crippen LogP contribution in [0.4, 0.5) is 5.69 Å². The van der Waals surface area contributed by atoms with Gasteiger partial charge < -0.3 is 20.1 Å². The van der Waals surface area contributed by atoms with Crippen molar-refractivity contribution in [3.63, 3.8) is 0 Å². The van der Waals surface area contributed by atoms with Crippen LogP contribution in [-0.2, 0) is 14.3 Å². The van der Waals surface area contributed by atoms with Crippen LogP contribution in [0.2, 0.25) is 0 Å². The van der Waals surface area contributed by atoms with E-state index < -0.39 is 18.5 Å². The summed E-state index contributed by atoms with van der Waals surface area (Å²) in [5.74, 6) is -0.903. The molecule has 2 aromatic carbocycles. The minimum atomic E-state index is -0.627. The molecular weight excluding hydrogens is 360 g/mol. The van der Waals surface area contributed by atoms with Crippen molar-refractivity contribution in [2.75, 3.05) is 25.1 Å². The van der Waals surface area contributed by atoms with Crippen molar-refractivity contribution in [3.05, 3.63) is 59.2 Å². The van der Waals surface area contributed by atoms with Crippen LogP contribution < -0.4 is 15.4 Å². The molecule has 7 heteroatoms.